The first-order valence-electron chi connectivity index (χ1n) is 7.60. The van der Waals surface area contributed by atoms with Gasteiger partial charge in [-0.25, -0.2) is 0 Å². The van der Waals surface area contributed by atoms with Gasteiger partial charge in [0.15, 0.2) is 0 Å². The van der Waals surface area contributed by atoms with E-state index in [0.717, 1.165) is 59.2 Å². The maximum absolute atomic E-state index is 11.8. The molecule has 0 radical (unpaired) electrons. The van der Waals surface area contributed by atoms with Crippen molar-refractivity contribution in [2.24, 2.45) is 0 Å². The van der Waals surface area contributed by atoms with E-state index in [-0.39, 0.29) is 11.4 Å². The van der Waals surface area contributed by atoms with Gasteiger partial charge in [-0.05, 0) is 0 Å². The number of rotatable bonds is 1. The summed E-state index contributed by atoms with van der Waals surface area (Å²) in [5.41, 5.74) is 0.161. The lowest BCUT2D eigenvalue weighted by molar-refractivity contribution is -0.198. The van der Waals surface area contributed by atoms with Crippen molar-refractivity contribution in [3.05, 3.63) is 0 Å². The van der Waals surface area contributed by atoms with Crippen molar-refractivity contribution >= 4 is 5.91 Å². The third-order valence-corrected chi connectivity index (χ3v) is 5.33. The normalized spacial score (nSPS) is 34.5. The van der Waals surface area contributed by atoms with Gasteiger partial charge in [-0.2, -0.15) is 0 Å². The van der Waals surface area contributed by atoms with Crippen LogP contribution >= 0.6 is 0 Å². The van der Waals surface area contributed by atoms with Crippen molar-refractivity contribution in [1.82, 2.24) is 14.7 Å². The second-order valence-corrected chi connectivity index (χ2v) is 6.64. The van der Waals surface area contributed by atoms with Crippen LogP contribution in [0.5, 0.6) is 0 Å². The fraction of sp³-hybridized carbons (Fsp3) is 0.929. The predicted molar refractivity (Wildman–Crippen MR) is 72.5 cm³/mol. The van der Waals surface area contributed by atoms with Crippen LogP contribution in [0.3, 0.4) is 0 Å². The van der Waals surface area contributed by atoms with Gasteiger partial charge in [0.25, 0.3) is 0 Å². The molecular weight excluding hydrogens is 258 g/mol. The van der Waals surface area contributed by atoms with Gasteiger partial charge in [-0.3, -0.25) is 14.6 Å². The standard InChI is InChI=1S/C14H23N3O3/c1-11(18)15-4-12-5-19-3-2-17(12)14(8-15)9-16(10-14)13-6-20-7-13/h12-13H,2-10H2,1H3. The van der Waals surface area contributed by atoms with Gasteiger partial charge in [-0.1, -0.05) is 0 Å². The molecule has 1 amide bonds. The fourth-order valence-corrected chi connectivity index (χ4v) is 4.12. The lowest BCUT2D eigenvalue weighted by Gasteiger charge is -2.65. The number of hydrogen-bond acceptors (Lipinski definition) is 5. The summed E-state index contributed by atoms with van der Waals surface area (Å²) in [6, 6.07) is 0.981. The molecule has 4 rings (SSSR count). The molecule has 0 aromatic rings. The molecule has 1 spiro atoms. The zero-order chi connectivity index (χ0) is 13.7. The first kappa shape index (κ1) is 13.0. The number of nitrogens with zero attached hydrogens (tertiary/aromatic N) is 3. The van der Waals surface area contributed by atoms with E-state index < -0.39 is 0 Å². The molecule has 4 aliphatic rings. The van der Waals surface area contributed by atoms with Gasteiger partial charge in [0.05, 0.1) is 44.1 Å². The van der Waals surface area contributed by atoms with E-state index in [9.17, 15) is 4.79 Å². The Morgan fingerprint density at radius 2 is 1.85 bits per heavy atom. The number of carbonyl (C=O) groups is 1. The zero-order valence-corrected chi connectivity index (χ0v) is 12.1. The van der Waals surface area contributed by atoms with Crippen LogP contribution in [0.2, 0.25) is 0 Å². The number of fused-ring (bicyclic) bond motifs is 2. The summed E-state index contributed by atoms with van der Waals surface area (Å²) in [7, 11) is 0. The smallest absolute Gasteiger partial charge is 0.219 e. The van der Waals surface area contributed by atoms with Gasteiger partial charge in [0.1, 0.15) is 0 Å². The zero-order valence-electron chi connectivity index (χ0n) is 12.1. The fourth-order valence-electron chi connectivity index (χ4n) is 4.12. The SMILES string of the molecule is CC(=O)N1CC2COCCN2C2(C1)CN(C1COC1)C2. The summed E-state index contributed by atoms with van der Waals surface area (Å²) in [4.78, 5) is 19.0. The van der Waals surface area contributed by atoms with Gasteiger partial charge >= 0.3 is 0 Å². The van der Waals surface area contributed by atoms with Crippen LogP contribution in [-0.2, 0) is 14.3 Å². The van der Waals surface area contributed by atoms with Crippen LogP contribution in [0.4, 0.5) is 0 Å². The Balaban J connectivity index is 1.51. The van der Waals surface area contributed by atoms with E-state index in [4.69, 9.17) is 9.47 Å². The second kappa shape index (κ2) is 4.66. The number of carbonyl (C=O) groups excluding carboxylic acids is 1. The first-order chi connectivity index (χ1) is 9.68. The molecule has 4 saturated heterocycles. The van der Waals surface area contributed by atoms with Crippen molar-refractivity contribution in [3.8, 4) is 0 Å². The highest BCUT2D eigenvalue weighted by molar-refractivity contribution is 5.73. The summed E-state index contributed by atoms with van der Waals surface area (Å²) < 4.78 is 10.9. The summed E-state index contributed by atoms with van der Waals surface area (Å²) in [6.07, 6.45) is 0. The Morgan fingerprint density at radius 1 is 1.10 bits per heavy atom. The highest BCUT2D eigenvalue weighted by Crippen LogP contribution is 2.37. The summed E-state index contributed by atoms with van der Waals surface area (Å²) in [5.74, 6) is 0.194. The average molecular weight is 281 g/mol. The molecule has 1 unspecified atom stereocenters. The quantitative estimate of drug-likeness (QED) is 0.617. The molecule has 0 saturated carbocycles. The van der Waals surface area contributed by atoms with Crippen LogP contribution in [0.25, 0.3) is 0 Å². The minimum absolute atomic E-state index is 0.161. The second-order valence-electron chi connectivity index (χ2n) is 6.64. The summed E-state index contributed by atoms with van der Waals surface area (Å²) >= 11 is 0. The van der Waals surface area contributed by atoms with Crippen LogP contribution in [-0.4, -0.2) is 97.4 Å². The van der Waals surface area contributed by atoms with Gasteiger partial charge < -0.3 is 14.4 Å². The van der Waals surface area contributed by atoms with Crippen molar-refractivity contribution in [2.75, 3.05) is 59.2 Å². The van der Waals surface area contributed by atoms with Crippen molar-refractivity contribution < 1.29 is 14.3 Å². The van der Waals surface area contributed by atoms with E-state index in [1.165, 1.54) is 0 Å². The topological polar surface area (TPSA) is 45.2 Å². The van der Waals surface area contributed by atoms with Crippen LogP contribution in [0.1, 0.15) is 6.92 Å². The summed E-state index contributed by atoms with van der Waals surface area (Å²) in [6.45, 7) is 9.87. The molecule has 4 heterocycles. The van der Waals surface area contributed by atoms with Crippen molar-refractivity contribution in [1.29, 1.82) is 0 Å². The number of amides is 1. The molecule has 1 atom stereocenters. The average Bonchev–Trinajstić information content (AvgIpc) is 2.34. The number of piperazine rings is 1. The van der Waals surface area contributed by atoms with Crippen molar-refractivity contribution in [2.45, 2.75) is 24.5 Å². The van der Waals surface area contributed by atoms with E-state index in [0.29, 0.717) is 12.1 Å². The first-order valence-corrected chi connectivity index (χ1v) is 7.60. The lowest BCUT2D eigenvalue weighted by atomic mass is 9.81. The van der Waals surface area contributed by atoms with Crippen molar-refractivity contribution in [3.63, 3.8) is 0 Å². The number of morpholine rings is 1. The minimum atomic E-state index is 0.161. The van der Waals surface area contributed by atoms with Gasteiger partial charge in [0, 0.05) is 39.6 Å². The molecule has 0 aromatic heterocycles. The molecule has 0 bridgehead atoms. The third kappa shape index (κ3) is 1.89. The third-order valence-electron chi connectivity index (χ3n) is 5.33. The molecule has 0 aromatic carbocycles. The molecule has 112 valence electrons. The van der Waals surface area contributed by atoms with E-state index in [1.807, 2.05) is 4.90 Å². The molecule has 6 heteroatoms. The molecule has 6 nitrogen and oxygen atoms in total. The number of likely N-dealkylation sites (tertiary alicyclic amines) is 1. The van der Waals surface area contributed by atoms with Crippen LogP contribution in [0, 0.1) is 0 Å². The maximum Gasteiger partial charge on any atom is 0.219 e. The van der Waals surface area contributed by atoms with Crippen LogP contribution < -0.4 is 0 Å². The predicted octanol–water partition coefficient (Wildman–Crippen LogP) is -0.997. The number of hydrogen-bond donors (Lipinski definition) is 0. The Bertz CT molecular complexity index is 406. The van der Waals surface area contributed by atoms with E-state index in [1.54, 1.807) is 6.92 Å². The molecule has 0 aliphatic carbocycles. The molecule has 20 heavy (non-hydrogen) atoms. The Hall–Kier alpha value is -0.690. The molecule has 4 aliphatic heterocycles. The largest absolute Gasteiger partial charge is 0.378 e. The Kier molecular flexibility index (Phi) is 3.03. The van der Waals surface area contributed by atoms with Gasteiger partial charge in [-0.15, -0.1) is 0 Å². The van der Waals surface area contributed by atoms with Gasteiger partial charge in [0.2, 0.25) is 5.91 Å². The minimum Gasteiger partial charge on any atom is -0.378 e. The molecule has 4 fully saturated rings. The maximum atomic E-state index is 11.8. The number of ether oxygens (including phenoxy) is 2. The monoisotopic (exact) mass is 281 g/mol. The summed E-state index contributed by atoms with van der Waals surface area (Å²) in [5, 5.41) is 0. The highest BCUT2D eigenvalue weighted by atomic mass is 16.5. The Morgan fingerprint density at radius 3 is 2.50 bits per heavy atom. The highest BCUT2D eigenvalue weighted by Gasteiger charge is 2.56. The van der Waals surface area contributed by atoms with Crippen LogP contribution in [0.15, 0.2) is 0 Å². The lowest BCUT2D eigenvalue weighted by Crippen LogP contribution is -2.82. The van der Waals surface area contributed by atoms with E-state index in [2.05, 4.69) is 9.80 Å². The Labute approximate surface area is 119 Å². The van der Waals surface area contributed by atoms with E-state index >= 15 is 0 Å². The molecule has 0 N–H and O–H groups in total. The molecular formula is C14H23N3O3.